The third-order valence-corrected chi connectivity index (χ3v) is 6.70. The molecule has 2 N–H and O–H groups in total. The predicted molar refractivity (Wildman–Crippen MR) is 141 cm³/mol. The van der Waals surface area contributed by atoms with Crippen molar-refractivity contribution in [1.29, 1.82) is 0 Å². The molecule has 3 aromatic rings. The van der Waals surface area contributed by atoms with E-state index in [1.54, 1.807) is 47.5 Å². The molecule has 0 radical (unpaired) electrons. The number of nitrogens with zero attached hydrogens (tertiary/aromatic N) is 1. The van der Waals surface area contributed by atoms with E-state index in [4.69, 9.17) is 21.1 Å². The lowest BCUT2D eigenvalue weighted by Gasteiger charge is -2.33. The van der Waals surface area contributed by atoms with E-state index in [1.165, 1.54) is 6.07 Å². The number of halogens is 2. The molecule has 7 nitrogen and oxygen atoms in total. The molecule has 1 saturated heterocycles. The molecule has 9 heteroatoms. The molecule has 37 heavy (non-hydrogen) atoms. The predicted octanol–water partition coefficient (Wildman–Crippen LogP) is 6.10. The average molecular weight is 530 g/mol. The Hall–Kier alpha value is -3.10. The van der Waals surface area contributed by atoms with Crippen LogP contribution in [-0.4, -0.2) is 53.8 Å². The summed E-state index contributed by atoms with van der Waals surface area (Å²) in [5, 5.41) is 4.33. The largest absolute Gasteiger partial charge is 0.444 e. The zero-order valence-corrected chi connectivity index (χ0v) is 22.1. The highest BCUT2D eigenvalue weighted by Crippen LogP contribution is 2.25. The number of fused-ring (bicyclic) bond motifs is 1. The van der Waals surface area contributed by atoms with Gasteiger partial charge in [0.25, 0.3) is 5.91 Å². The number of benzene rings is 2. The summed E-state index contributed by atoms with van der Waals surface area (Å²) in [6, 6.07) is 10.9. The zero-order chi connectivity index (χ0) is 26.6. The molecular weight excluding hydrogens is 497 g/mol. The molecule has 1 unspecified atom stereocenters. The fraction of sp³-hybridized carbons (Fsp3) is 0.429. The normalized spacial score (nSPS) is 15.5. The number of carbonyl (C=O) groups is 2. The summed E-state index contributed by atoms with van der Waals surface area (Å²) in [6.07, 6.45) is 2.94. The fourth-order valence-corrected chi connectivity index (χ4v) is 4.62. The summed E-state index contributed by atoms with van der Waals surface area (Å²) in [4.78, 5) is 30.1. The van der Waals surface area contributed by atoms with E-state index in [9.17, 15) is 14.0 Å². The monoisotopic (exact) mass is 529 g/mol. The summed E-state index contributed by atoms with van der Waals surface area (Å²) < 4.78 is 26.1. The number of ether oxygens (including phenoxy) is 2. The van der Waals surface area contributed by atoms with Gasteiger partial charge in [-0.15, -0.1) is 0 Å². The Morgan fingerprint density at radius 2 is 1.92 bits per heavy atom. The first-order valence-corrected chi connectivity index (χ1v) is 12.9. The SMILES string of the molecule is CC(C)(C)OC(=O)N1CCC(COCC(NC(=O)c2ccc3c(Cl)c[nH]c3c2)c2ccccc2F)CC1. The molecule has 0 saturated carbocycles. The van der Waals surface area contributed by atoms with Gasteiger partial charge in [0.1, 0.15) is 11.4 Å². The second-order valence-electron chi connectivity index (χ2n) is 10.4. The molecule has 2 amide bonds. The Morgan fingerprint density at radius 3 is 2.62 bits per heavy atom. The molecule has 4 rings (SSSR count). The van der Waals surface area contributed by atoms with Crippen LogP contribution in [0, 0.1) is 11.7 Å². The van der Waals surface area contributed by atoms with Crippen molar-refractivity contribution < 1.29 is 23.5 Å². The van der Waals surface area contributed by atoms with Crippen LogP contribution in [0.5, 0.6) is 0 Å². The van der Waals surface area contributed by atoms with Crippen molar-refractivity contribution in [2.24, 2.45) is 5.92 Å². The van der Waals surface area contributed by atoms with Crippen molar-refractivity contribution in [2.75, 3.05) is 26.3 Å². The summed E-state index contributed by atoms with van der Waals surface area (Å²) in [5.74, 6) is -0.487. The van der Waals surface area contributed by atoms with Gasteiger partial charge in [0, 0.05) is 47.9 Å². The van der Waals surface area contributed by atoms with Gasteiger partial charge < -0.3 is 24.7 Å². The van der Waals surface area contributed by atoms with Crippen LogP contribution in [0.2, 0.25) is 5.02 Å². The maximum atomic E-state index is 14.6. The number of amides is 2. The van der Waals surface area contributed by atoms with Gasteiger partial charge in [-0.05, 0) is 57.7 Å². The van der Waals surface area contributed by atoms with Gasteiger partial charge in [0.2, 0.25) is 0 Å². The molecule has 198 valence electrons. The summed E-state index contributed by atoms with van der Waals surface area (Å²) in [7, 11) is 0. The summed E-state index contributed by atoms with van der Waals surface area (Å²) >= 11 is 6.14. The van der Waals surface area contributed by atoms with Gasteiger partial charge in [-0.2, -0.15) is 0 Å². The second kappa shape index (κ2) is 11.5. The van der Waals surface area contributed by atoms with E-state index < -0.39 is 17.5 Å². The Balaban J connectivity index is 1.35. The first-order chi connectivity index (χ1) is 17.6. The van der Waals surface area contributed by atoms with Crippen molar-refractivity contribution in [1.82, 2.24) is 15.2 Å². The van der Waals surface area contributed by atoms with E-state index in [0.29, 0.717) is 35.8 Å². The maximum Gasteiger partial charge on any atom is 0.410 e. The van der Waals surface area contributed by atoms with Gasteiger partial charge in [0.15, 0.2) is 0 Å². The highest BCUT2D eigenvalue weighted by Gasteiger charge is 2.27. The minimum absolute atomic E-state index is 0.121. The maximum absolute atomic E-state index is 14.6. The first-order valence-electron chi connectivity index (χ1n) is 12.5. The number of piperidine rings is 1. The molecule has 1 atom stereocenters. The van der Waals surface area contributed by atoms with Gasteiger partial charge in [-0.25, -0.2) is 9.18 Å². The van der Waals surface area contributed by atoms with Gasteiger partial charge in [0.05, 0.1) is 17.7 Å². The number of hydrogen-bond acceptors (Lipinski definition) is 4. The molecule has 1 fully saturated rings. The minimum Gasteiger partial charge on any atom is -0.444 e. The number of carbonyl (C=O) groups excluding carboxylic acids is 2. The topological polar surface area (TPSA) is 83.7 Å². The Kier molecular flexibility index (Phi) is 8.39. The standard InChI is InChI=1S/C28H33ClFN3O4/c1-28(2,3)37-27(35)33-12-10-18(11-13-33)16-36-17-25(21-6-4-5-7-23(21)30)32-26(34)19-8-9-20-22(29)15-31-24(20)14-19/h4-9,14-15,18,25,31H,10-13,16-17H2,1-3H3,(H,32,34). The van der Waals surface area contributed by atoms with Crippen LogP contribution in [0.3, 0.4) is 0 Å². The Bertz CT molecular complexity index is 1250. The van der Waals surface area contributed by atoms with Crippen molar-refractivity contribution in [3.05, 3.63) is 70.6 Å². The van der Waals surface area contributed by atoms with Crippen molar-refractivity contribution in [2.45, 2.75) is 45.3 Å². The van der Waals surface area contributed by atoms with E-state index in [-0.39, 0.29) is 24.5 Å². The van der Waals surface area contributed by atoms with Crippen LogP contribution < -0.4 is 5.32 Å². The highest BCUT2D eigenvalue weighted by atomic mass is 35.5. The molecule has 1 aliphatic heterocycles. The number of likely N-dealkylation sites (tertiary alicyclic amines) is 1. The average Bonchev–Trinajstić information content (AvgIpc) is 3.23. The minimum atomic E-state index is -0.668. The lowest BCUT2D eigenvalue weighted by molar-refractivity contribution is 0.0104. The number of hydrogen-bond donors (Lipinski definition) is 2. The van der Waals surface area contributed by atoms with Gasteiger partial charge in [-0.3, -0.25) is 4.79 Å². The molecule has 2 heterocycles. The fourth-order valence-electron chi connectivity index (χ4n) is 4.40. The summed E-state index contributed by atoms with van der Waals surface area (Å²) in [5.41, 5.74) is 1.01. The first kappa shape index (κ1) is 26.9. The highest BCUT2D eigenvalue weighted by molar-refractivity contribution is 6.35. The number of aromatic nitrogens is 1. The summed E-state index contributed by atoms with van der Waals surface area (Å²) in [6.45, 7) is 7.33. The van der Waals surface area contributed by atoms with E-state index >= 15 is 0 Å². The molecule has 0 aliphatic carbocycles. The van der Waals surface area contributed by atoms with E-state index in [0.717, 1.165) is 23.7 Å². The molecule has 1 aromatic heterocycles. The number of aromatic amines is 1. The van der Waals surface area contributed by atoms with Crippen LogP contribution >= 0.6 is 11.6 Å². The lowest BCUT2D eigenvalue weighted by Crippen LogP contribution is -2.42. The third-order valence-electron chi connectivity index (χ3n) is 6.38. The van der Waals surface area contributed by atoms with Crippen LogP contribution in [0.15, 0.2) is 48.7 Å². The number of rotatable bonds is 7. The van der Waals surface area contributed by atoms with Crippen LogP contribution in [-0.2, 0) is 9.47 Å². The Labute approximate surface area is 221 Å². The molecule has 0 spiro atoms. The van der Waals surface area contributed by atoms with Crippen molar-refractivity contribution in [3.63, 3.8) is 0 Å². The molecule has 1 aliphatic rings. The van der Waals surface area contributed by atoms with Gasteiger partial charge in [-0.1, -0.05) is 35.9 Å². The smallest absolute Gasteiger partial charge is 0.410 e. The number of H-pyrrole nitrogens is 1. The van der Waals surface area contributed by atoms with Crippen LogP contribution in [0.25, 0.3) is 10.9 Å². The van der Waals surface area contributed by atoms with E-state index in [2.05, 4.69) is 10.3 Å². The molecule has 0 bridgehead atoms. The van der Waals surface area contributed by atoms with Gasteiger partial charge >= 0.3 is 6.09 Å². The molecule has 2 aromatic carbocycles. The Morgan fingerprint density at radius 1 is 1.19 bits per heavy atom. The van der Waals surface area contributed by atoms with Crippen LogP contribution in [0.1, 0.15) is 55.6 Å². The van der Waals surface area contributed by atoms with Crippen LogP contribution in [0.4, 0.5) is 9.18 Å². The zero-order valence-electron chi connectivity index (χ0n) is 21.4. The quantitative estimate of drug-likeness (QED) is 0.387. The third kappa shape index (κ3) is 7.02. The molecular formula is C28H33ClFN3O4. The van der Waals surface area contributed by atoms with Crippen molar-refractivity contribution in [3.8, 4) is 0 Å². The van der Waals surface area contributed by atoms with E-state index in [1.807, 2.05) is 20.8 Å². The lowest BCUT2D eigenvalue weighted by atomic mass is 9.98. The second-order valence-corrected chi connectivity index (χ2v) is 10.8. The van der Waals surface area contributed by atoms with Crippen molar-refractivity contribution >= 4 is 34.5 Å². The number of nitrogens with one attached hydrogen (secondary N) is 2.